The van der Waals surface area contributed by atoms with Gasteiger partial charge in [0.1, 0.15) is 5.60 Å². The van der Waals surface area contributed by atoms with Crippen molar-refractivity contribution >= 4 is 5.97 Å². The van der Waals surface area contributed by atoms with Crippen molar-refractivity contribution in [2.75, 3.05) is 0 Å². The quantitative estimate of drug-likeness (QED) is 0.463. The molecule has 2 atom stereocenters. The molecule has 2 unspecified atom stereocenters. The van der Waals surface area contributed by atoms with E-state index in [1.807, 2.05) is 0 Å². The van der Waals surface area contributed by atoms with Gasteiger partial charge in [-0.3, -0.25) is 0 Å². The van der Waals surface area contributed by atoms with Crippen LogP contribution in [0.2, 0.25) is 0 Å². The summed E-state index contributed by atoms with van der Waals surface area (Å²) in [5, 5.41) is 10.3. The molecule has 1 rings (SSSR count). The van der Waals surface area contributed by atoms with Crippen LogP contribution in [0.15, 0.2) is 0 Å². The van der Waals surface area contributed by atoms with E-state index >= 15 is 0 Å². The van der Waals surface area contributed by atoms with E-state index in [1.165, 1.54) is 0 Å². The number of epoxide rings is 1. The predicted molar refractivity (Wildman–Crippen MR) is 28.6 cm³/mol. The molecule has 1 heterocycles. The third kappa shape index (κ3) is 0.721. The zero-order chi connectivity index (χ0) is 7.07. The van der Waals surface area contributed by atoms with Crippen LogP contribution in [0.3, 0.4) is 0 Å². The summed E-state index contributed by atoms with van der Waals surface area (Å²) in [6.45, 7) is 3.51. The second-order valence-corrected chi connectivity index (χ2v) is 2.29. The first-order valence-corrected chi connectivity index (χ1v) is 3.02. The Morgan fingerprint density at radius 3 is 2.33 bits per heavy atom. The molecule has 3 heteroatoms. The Kier molecular flexibility index (Phi) is 1.24. The molecule has 0 radical (unpaired) electrons. The van der Waals surface area contributed by atoms with Crippen molar-refractivity contribution in [2.24, 2.45) is 0 Å². The van der Waals surface area contributed by atoms with Gasteiger partial charge in [-0.1, -0.05) is 6.92 Å². The van der Waals surface area contributed by atoms with Crippen LogP contribution >= 0.6 is 0 Å². The van der Waals surface area contributed by atoms with E-state index in [0.717, 1.165) is 0 Å². The summed E-state index contributed by atoms with van der Waals surface area (Å²) in [4.78, 5) is 10.3. The van der Waals surface area contributed by atoms with Crippen molar-refractivity contribution in [1.82, 2.24) is 0 Å². The molecule has 0 bridgehead atoms. The van der Waals surface area contributed by atoms with Crippen LogP contribution in [0.5, 0.6) is 0 Å². The van der Waals surface area contributed by atoms with Crippen LogP contribution in [-0.4, -0.2) is 17.7 Å². The fourth-order valence-corrected chi connectivity index (χ4v) is 1.01. The number of hydrogen-bond acceptors (Lipinski definition) is 3. The average Bonchev–Trinajstić information content (AvgIpc) is 2.43. The van der Waals surface area contributed by atoms with Gasteiger partial charge in [0.2, 0.25) is 0 Å². The molecular formula is C6H9O3-. The van der Waals surface area contributed by atoms with Crippen molar-refractivity contribution in [3.05, 3.63) is 0 Å². The Bertz CT molecular complexity index is 139. The summed E-state index contributed by atoms with van der Waals surface area (Å²) in [6.07, 6.45) is 0.337. The van der Waals surface area contributed by atoms with Crippen LogP contribution < -0.4 is 5.11 Å². The predicted octanol–water partition coefficient (Wildman–Crippen LogP) is -0.696. The number of aliphatic carboxylic acids is 1. The minimum atomic E-state index is -1.09. The van der Waals surface area contributed by atoms with E-state index in [1.54, 1.807) is 13.8 Å². The number of carbonyl (C=O) groups is 1. The van der Waals surface area contributed by atoms with Gasteiger partial charge in [-0.25, -0.2) is 0 Å². The van der Waals surface area contributed by atoms with Gasteiger partial charge < -0.3 is 14.6 Å². The zero-order valence-corrected chi connectivity index (χ0v) is 5.51. The molecule has 3 nitrogen and oxygen atoms in total. The van der Waals surface area contributed by atoms with E-state index in [9.17, 15) is 9.90 Å². The molecule has 0 N–H and O–H groups in total. The van der Waals surface area contributed by atoms with E-state index in [4.69, 9.17) is 4.74 Å². The summed E-state index contributed by atoms with van der Waals surface area (Å²) >= 11 is 0. The number of carbonyl (C=O) groups excluding carboxylic acids is 1. The molecule has 0 aromatic rings. The lowest BCUT2D eigenvalue weighted by Gasteiger charge is -2.08. The van der Waals surface area contributed by atoms with E-state index < -0.39 is 11.6 Å². The molecule has 0 aromatic carbocycles. The second-order valence-electron chi connectivity index (χ2n) is 2.29. The summed E-state index contributed by atoms with van der Waals surface area (Å²) in [6, 6.07) is 0. The van der Waals surface area contributed by atoms with E-state index in [-0.39, 0.29) is 6.10 Å². The number of carboxylic acids is 1. The summed E-state index contributed by atoms with van der Waals surface area (Å²) in [7, 11) is 0. The molecule has 0 amide bonds. The third-order valence-corrected chi connectivity index (χ3v) is 1.86. The molecule has 1 saturated heterocycles. The summed E-state index contributed by atoms with van der Waals surface area (Å²) in [5.41, 5.74) is -0.944. The summed E-state index contributed by atoms with van der Waals surface area (Å²) in [5.74, 6) is -1.09. The average molecular weight is 129 g/mol. The Balaban J connectivity index is 2.62. The van der Waals surface area contributed by atoms with Crippen LogP contribution in [0.4, 0.5) is 0 Å². The molecule has 0 aliphatic carbocycles. The van der Waals surface area contributed by atoms with Crippen LogP contribution in [0, 0.1) is 0 Å². The maximum atomic E-state index is 10.3. The maximum Gasteiger partial charge on any atom is 0.133 e. The normalized spacial score (nSPS) is 40.4. The highest BCUT2D eigenvalue weighted by Gasteiger charge is 2.53. The van der Waals surface area contributed by atoms with Crippen LogP contribution in [-0.2, 0) is 9.53 Å². The van der Waals surface area contributed by atoms with Crippen LogP contribution in [0.1, 0.15) is 20.3 Å². The molecule has 1 aliphatic rings. The van der Waals surface area contributed by atoms with Crippen LogP contribution in [0.25, 0.3) is 0 Å². The molecular weight excluding hydrogens is 120 g/mol. The number of ether oxygens (including phenoxy) is 1. The highest BCUT2D eigenvalue weighted by atomic mass is 16.6. The lowest BCUT2D eigenvalue weighted by molar-refractivity contribution is -0.312. The number of rotatable bonds is 2. The SMILES string of the molecule is CCC1(C(=O)[O-])OC1C. The van der Waals surface area contributed by atoms with E-state index in [2.05, 4.69) is 0 Å². The Labute approximate surface area is 53.6 Å². The highest BCUT2D eigenvalue weighted by molar-refractivity contribution is 5.79. The molecule has 1 aliphatic heterocycles. The third-order valence-electron chi connectivity index (χ3n) is 1.86. The highest BCUT2D eigenvalue weighted by Crippen LogP contribution is 2.38. The Morgan fingerprint density at radius 1 is 1.89 bits per heavy atom. The van der Waals surface area contributed by atoms with Gasteiger partial charge in [-0.2, -0.15) is 0 Å². The smallest absolute Gasteiger partial charge is 0.133 e. The van der Waals surface area contributed by atoms with Crippen molar-refractivity contribution in [3.63, 3.8) is 0 Å². The second kappa shape index (κ2) is 1.70. The molecule has 1 fully saturated rings. The first-order valence-electron chi connectivity index (χ1n) is 3.02. The molecule has 0 saturated carbocycles. The minimum absolute atomic E-state index is 0.160. The molecule has 0 aromatic heterocycles. The largest absolute Gasteiger partial charge is 0.547 e. The Morgan fingerprint density at radius 2 is 2.33 bits per heavy atom. The van der Waals surface area contributed by atoms with Gasteiger partial charge in [0.05, 0.1) is 12.1 Å². The number of hydrogen-bond donors (Lipinski definition) is 0. The Hall–Kier alpha value is -0.570. The monoisotopic (exact) mass is 129 g/mol. The fourth-order valence-electron chi connectivity index (χ4n) is 1.01. The first kappa shape index (κ1) is 6.55. The summed E-state index contributed by atoms with van der Waals surface area (Å²) < 4.78 is 4.85. The minimum Gasteiger partial charge on any atom is -0.547 e. The van der Waals surface area contributed by atoms with Crippen molar-refractivity contribution in [3.8, 4) is 0 Å². The van der Waals surface area contributed by atoms with Gasteiger partial charge >= 0.3 is 0 Å². The fraction of sp³-hybridized carbons (Fsp3) is 0.833. The topological polar surface area (TPSA) is 52.7 Å². The molecule has 9 heavy (non-hydrogen) atoms. The number of carboxylic acid groups (broad SMARTS) is 1. The van der Waals surface area contributed by atoms with Gasteiger partial charge in [0, 0.05) is 0 Å². The first-order chi connectivity index (χ1) is 4.13. The van der Waals surface area contributed by atoms with Crippen molar-refractivity contribution in [2.45, 2.75) is 32.0 Å². The zero-order valence-electron chi connectivity index (χ0n) is 5.51. The lowest BCUT2D eigenvalue weighted by Crippen LogP contribution is -2.39. The standard InChI is InChI=1S/C6H10O3/c1-3-6(5(7)8)4(2)9-6/h4H,3H2,1-2H3,(H,7,8)/p-1. The molecule has 0 spiro atoms. The van der Waals surface area contributed by atoms with Gasteiger partial charge in [-0.15, -0.1) is 0 Å². The van der Waals surface area contributed by atoms with E-state index in [0.29, 0.717) is 6.42 Å². The molecule has 52 valence electrons. The van der Waals surface area contributed by atoms with Gasteiger partial charge in [-0.05, 0) is 13.3 Å². The van der Waals surface area contributed by atoms with Crippen molar-refractivity contribution < 1.29 is 14.6 Å². The maximum absolute atomic E-state index is 10.3. The van der Waals surface area contributed by atoms with Gasteiger partial charge in [0.25, 0.3) is 0 Å². The van der Waals surface area contributed by atoms with Gasteiger partial charge in [0.15, 0.2) is 0 Å². The van der Waals surface area contributed by atoms with Crippen molar-refractivity contribution in [1.29, 1.82) is 0 Å². The lowest BCUT2D eigenvalue weighted by atomic mass is 10.0.